The second kappa shape index (κ2) is 10.1. The molecule has 0 unspecified atom stereocenters. The molecule has 0 aliphatic carbocycles. The molecule has 166 valence electrons. The molecule has 0 bridgehead atoms. The fraction of sp³-hybridized carbons (Fsp3) is 0.500. The molecule has 1 aliphatic heterocycles. The maximum Gasteiger partial charge on any atom is 0.433 e. The SMILES string of the molecule is C=C(NS/C(C=N)=C1/NCCCO1)Nc1c(C(C)C)cc(C(F)(F)F)nc1C(C)C. The van der Waals surface area contributed by atoms with Crippen LogP contribution in [0.15, 0.2) is 29.3 Å². The lowest BCUT2D eigenvalue weighted by Gasteiger charge is -2.24. The van der Waals surface area contributed by atoms with Crippen LogP contribution in [-0.4, -0.2) is 24.4 Å². The maximum atomic E-state index is 13.3. The van der Waals surface area contributed by atoms with Crippen molar-refractivity contribution in [2.45, 2.75) is 52.1 Å². The van der Waals surface area contributed by atoms with Crippen LogP contribution in [0.5, 0.6) is 0 Å². The molecule has 10 heteroatoms. The number of ether oxygens (including phenoxy) is 1. The van der Waals surface area contributed by atoms with E-state index < -0.39 is 11.9 Å². The van der Waals surface area contributed by atoms with Crippen LogP contribution in [0.2, 0.25) is 0 Å². The first-order chi connectivity index (χ1) is 14.0. The van der Waals surface area contributed by atoms with E-state index in [-0.39, 0.29) is 11.8 Å². The van der Waals surface area contributed by atoms with Gasteiger partial charge in [-0.3, -0.25) is 0 Å². The number of hydrogen-bond donors (Lipinski definition) is 4. The van der Waals surface area contributed by atoms with E-state index in [1.54, 1.807) is 13.8 Å². The monoisotopic (exact) mass is 443 g/mol. The van der Waals surface area contributed by atoms with Crippen LogP contribution in [-0.2, 0) is 10.9 Å². The number of halogens is 3. The van der Waals surface area contributed by atoms with E-state index in [2.05, 4.69) is 26.9 Å². The summed E-state index contributed by atoms with van der Waals surface area (Å²) < 4.78 is 48.5. The van der Waals surface area contributed by atoms with Gasteiger partial charge in [-0.1, -0.05) is 34.3 Å². The highest BCUT2D eigenvalue weighted by Gasteiger charge is 2.35. The van der Waals surface area contributed by atoms with E-state index in [1.165, 1.54) is 0 Å². The molecule has 0 spiro atoms. The number of anilines is 1. The minimum absolute atomic E-state index is 0.159. The van der Waals surface area contributed by atoms with E-state index in [0.29, 0.717) is 40.2 Å². The van der Waals surface area contributed by atoms with Crippen molar-refractivity contribution in [1.82, 2.24) is 15.0 Å². The predicted molar refractivity (Wildman–Crippen MR) is 115 cm³/mol. The average molecular weight is 444 g/mol. The lowest BCUT2D eigenvalue weighted by atomic mass is 9.95. The Morgan fingerprint density at radius 3 is 2.53 bits per heavy atom. The van der Waals surface area contributed by atoms with Gasteiger partial charge in [0.2, 0.25) is 5.88 Å². The van der Waals surface area contributed by atoms with Gasteiger partial charge in [-0.2, -0.15) is 13.2 Å². The minimum atomic E-state index is -4.52. The lowest BCUT2D eigenvalue weighted by molar-refractivity contribution is -0.141. The standard InChI is InChI=1S/C20H28F3N5OS/c1-11(2)14-9-16(20(21,22)23)27-17(12(3)4)18(14)26-13(5)28-30-15(10-24)19-25-7-6-8-29-19/h9-12,24-26,28H,5-8H2,1-4H3/b19-15-,24-10?. The van der Waals surface area contributed by atoms with E-state index >= 15 is 0 Å². The Labute approximate surface area is 179 Å². The summed E-state index contributed by atoms with van der Waals surface area (Å²) in [4.78, 5) is 4.42. The molecule has 1 fully saturated rings. The first-order valence-corrected chi connectivity index (χ1v) is 10.5. The van der Waals surface area contributed by atoms with Gasteiger partial charge in [0, 0.05) is 12.8 Å². The smallest absolute Gasteiger partial charge is 0.433 e. The Bertz CT molecular complexity index is 784. The molecule has 1 aromatic heterocycles. The van der Waals surface area contributed by atoms with Crippen molar-refractivity contribution < 1.29 is 17.9 Å². The van der Waals surface area contributed by atoms with Crippen molar-refractivity contribution in [1.29, 1.82) is 5.41 Å². The number of hydrogen-bond acceptors (Lipinski definition) is 7. The molecule has 2 heterocycles. The average Bonchev–Trinajstić information content (AvgIpc) is 2.68. The third-order valence-electron chi connectivity index (χ3n) is 4.31. The van der Waals surface area contributed by atoms with Crippen molar-refractivity contribution in [3.8, 4) is 0 Å². The topological polar surface area (TPSA) is 82.1 Å². The quantitative estimate of drug-likeness (QED) is 0.323. The summed E-state index contributed by atoms with van der Waals surface area (Å²) in [5, 5.41) is 13.8. The molecule has 6 nitrogen and oxygen atoms in total. The van der Waals surface area contributed by atoms with Gasteiger partial charge in [0.15, 0.2) is 0 Å². The van der Waals surface area contributed by atoms with Crippen LogP contribution >= 0.6 is 11.9 Å². The van der Waals surface area contributed by atoms with Crippen molar-refractivity contribution in [3.63, 3.8) is 0 Å². The fourth-order valence-corrected chi connectivity index (χ4v) is 3.40. The number of nitrogens with one attached hydrogen (secondary N) is 4. The summed E-state index contributed by atoms with van der Waals surface area (Å²) in [6.07, 6.45) is -2.47. The summed E-state index contributed by atoms with van der Waals surface area (Å²) in [5.41, 5.74) is 0.452. The molecule has 30 heavy (non-hydrogen) atoms. The van der Waals surface area contributed by atoms with E-state index in [9.17, 15) is 13.2 Å². The molecule has 4 N–H and O–H groups in total. The zero-order valence-corrected chi connectivity index (χ0v) is 18.4. The van der Waals surface area contributed by atoms with Gasteiger partial charge in [0.1, 0.15) is 16.4 Å². The normalized spacial score (nSPS) is 16.0. The zero-order chi connectivity index (χ0) is 22.5. The summed E-state index contributed by atoms with van der Waals surface area (Å²) in [7, 11) is 0. The Hall–Kier alpha value is -2.36. The minimum Gasteiger partial charge on any atom is -0.478 e. The first kappa shape index (κ1) is 23.9. The lowest BCUT2D eigenvalue weighted by Crippen LogP contribution is -2.26. The Kier molecular flexibility index (Phi) is 8.05. The van der Waals surface area contributed by atoms with Crippen LogP contribution in [0.1, 0.15) is 62.9 Å². The summed E-state index contributed by atoms with van der Waals surface area (Å²) in [6, 6.07) is 1.09. The highest BCUT2D eigenvalue weighted by Crippen LogP contribution is 2.37. The van der Waals surface area contributed by atoms with E-state index in [1.807, 2.05) is 13.8 Å². The molecule has 2 rings (SSSR count). The summed E-state index contributed by atoms with van der Waals surface area (Å²) in [6.45, 7) is 12.5. The molecule has 0 saturated carbocycles. The molecule has 0 radical (unpaired) electrons. The molecule has 1 aliphatic rings. The van der Waals surface area contributed by atoms with Crippen LogP contribution < -0.4 is 15.4 Å². The predicted octanol–water partition coefficient (Wildman–Crippen LogP) is 5.30. The second-order valence-corrected chi connectivity index (χ2v) is 8.29. The van der Waals surface area contributed by atoms with Crippen molar-refractivity contribution in [2.75, 3.05) is 18.5 Å². The number of nitrogens with zero attached hydrogens (tertiary/aromatic N) is 1. The van der Waals surface area contributed by atoms with Crippen LogP contribution in [0, 0.1) is 5.41 Å². The summed E-state index contributed by atoms with van der Waals surface area (Å²) >= 11 is 1.13. The Morgan fingerprint density at radius 2 is 2.03 bits per heavy atom. The maximum absolute atomic E-state index is 13.3. The Morgan fingerprint density at radius 1 is 1.33 bits per heavy atom. The van der Waals surface area contributed by atoms with Gasteiger partial charge in [0.25, 0.3) is 0 Å². The van der Waals surface area contributed by atoms with Gasteiger partial charge < -0.3 is 25.5 Å². The van der Waals surface area contributed by atoms with Gasteiger partial charge >= 0.3 is 6.18 Å². The van der Waals surface area contributed by atoms with Crippen molar-refractivity contribution in [3.05, 3.63) is 46.2 Å². The van der Waals surface area contributed by atoms with Gasteiger partial charge in [-0.25, -0.2) is 4.98 Å². The third-order valence-corrected chi connectivity index (χ3v) is 5.18. The van der Waals surface area contributed by atoms with Gasteiger partial charge in [0.05, 0.1) is 18.0 Å². The highest BCUT2D eigenvalue weighted by molar-refractivity contribution is 8.02. The van der Waals surface area contributed by atoms with Crippen LogP contribution in [0.25, 0.3) is 0 Å². The summed E-state index contributed by atoms with van der Waals surface area (Å²) in [5.74, 6) is 0.491. The van der Waals surface area contributed by atoms with E-state index in [0.717, 1.165) is 37.2 Å². The zero-order valence-electron chi connectivity index (χ0n) is 17.5. The molecule has 1 aromatic rings. The molecule has 0 amide bonds. The number of alkyl halides is 3. The molecular weight excluding hydrogens is 415 g/mol. The molecular formula is C20H28F3N5OS. The van der Waals surface area contributed by atoms with Gasteiger partial charge in [-0.15, -0.1) is 0 Å². The number of pyridine rings is 1. The van der Waals surface area contributed by atoms with Crippen molar-refractivity contribution >= 4 is 23.8 Å². The Balaban J connectivity index is 2.27. The van der Waals surface area contributed by atoms with Crippen molar-refractivity contribution in [2.24, 2.45) is 0 Å². The first-order valence-electron chi connectivity index (χ1n) is 9.66. The highest BCUT2D eigenvalue weighted by atomic mass is 32.2. The number of allylic oxidation sites excluding steroid dienone is 1. The van der Waals surface area contributed by atoms with E-state index in [4.69, 9.17) is 10.1 Å². The van der Waals surface area contributed by atoms with Crippen LogP contribution in [0.3, 0.4) is 0 Å². The molecule has 0 atom stereocenters. The number of rotatable bonds is 8. The third kappa shape index (κ3) is 6.07. The van der Waals surface area contributed by atoms with Gasteiger partial charge in [-0.05, 0) is 41.8 Å². The van der Waals surface area contributed by atoms with Crippen LogP contribution in [0.4, 0.5) is 18.9 Å². The molecule has 0 aromatic carbocycles. The second-order valence-electron chi connectivity index (χ2n) is 7.44. The number of aromatic nitrogens is 1. The largest absolute Gasteiger partial charge is 0.478 e. The molecule has 1 saturated heterocycles. The fourth-order valence-electron chi connectivity index (χ4n) is 2.83.